The maximum absolute atomic E-state index is 5.97. The van der Waals surface area contributed by atoms with Crippen molar-refractivity contribution in [3.05, 3.63) is 72.3 Å². The number of ether oxygens (including phenoxy) is 1. The lowest BCUT2D eigenvalue weighted by Gasteiger charge is -2.23. The maximum Gasteiger partial charge on any atom is 0.137 e. The minimum Gasteiger partial charge on any atom is -0.492 e. The van der Waals surface area contributed by atoms with Crippen LogP contribution in [0.2, 0.25) is 0 Å². The van der Waals surface area contributed by atoms with E-state index in [9.17, 15) is 0 Å². The van der Waals surface area contributed by atoms with E-state index in [4.69, 9.17) is 4.74 Å². The quantitative estimate of drug-likeness (QED) is 0.709. The molecule has 1 aliphatic heterocycles. The van der Waals surface area contributed by atoms with Crippen LogP contribution in [0.4, 0.5) is 0 Å². The highest BCUT2D eigenvalue weighted by atomic mass is 16.5. The van der Waals surface area contributed by atoms with Gasteiger partial charge in [-0.15, -0.1) is 0 Å². The smallest absolute Gasteiger partial charge is 0.137 e. The van der Waals surface area contributed by atoms with Gasteiger partial charge >= 0.3 is 0 Å². The molecule has 0 fully saturated rings. The summed E-state index contributed by atoms with van der Waals surface area (Å²) in [5, 5.41) is 0. The number of hydrogen-bond donors (Lipinski definition) is 0. The molecule has 4 heterocycles. The number of nitrogens with zero attached hydrogens (tertiary/aromatic N) is 5. The lowest BCUT2D eigenvalue weighted by molar-refractivity contribution is 0.166. The lowest BCUT2D eigenvalue weighted by atomic mass is 10.1. The summed E-state index contributed by atoms with van der Waals surface area (Å²) in [5.74, 6) is 1.19. The molecule has 0 saturated heterocycles. The zero-order chi connectivity index (χ0) is 17.8. The Bertz CT molecular complexity index is 848. The van der Waals surface area contributed by atoms with E-state index in [2.05, 4.69) is 36.6 Å². The van der Waals surface area contributed by atoms with Gasteiger partial charge in [0.2, 0.25) is 0 Å². The Kier molecular flexibility index (Phi) is 4.93. The predicted molar refractivity (Wildman–Crippen MR) is 98.5 cm³/mol. The van der Waals surface area contributed by atoms with E-state index in [1.165, 1.54) is 5.69 Å². The Labute approximate surface area is 153 Å². The molecule has 0 aromatic carbocycles. The van der Waals surface area contributed by atoms with Gasteiger partial charge in [-0.25, -0.2) is 4.98 Å². The van der Waals surface area contributed by atoms with Gasteiger partial charge in [0.05, 0.1) is 30.5 Å². The van der Waals surface area contributed by atoms with Crippen LogP contribution >= 0.6 is 0 Å². The maximum atomic E-state index is 5.97. The van der Waals surface area contributed by atoms with Crippen LogP contribution in [0, 0.1) is 12.8 Å². The van der Waals surface area contributed by atoms with Crippen molar-refractivity contribution in [2.75, 3.05) is 13.2 Å². The van der Waals surface area contributed by atoms with E-state index in [0.717, 1.165) is 43.3 Å². The molecule has 3 aromatic rings. The van der Waals surface area contributed by atoms with E-state index < -0.39 is 0 Å². The number of rotatable bonds is 5. The third-order valence-electron chi connectivity index (χ3n) is 4.61. The molecule has 0 aliphatic carbocycles. The van der Waals surface area contributed by atoms with Gasteiger partial charge in [-0.05, 0) is 31.2 Å². The number of hydrogen-bond acceptors (Lipinski definition) is 5. The lowest BCUT2D eigenvalue weighted by Crippen LogP contribution is -2.31. The predicted octanol–water partition coefficient (Wildman–Crippen LogP) is 2.69. The van der Waals surface area contributed by atoms with Gasteiger partial charge in [0, 0.05) is 50.2 Å². The summed E-state index contributed by atoms with van der Waals surface area (Å²) < 4.78 is 8.21. The van der Waals surface area contributed by atoms with Crippen molar-refractivity contribution < 1.29 is 4.74 Å². The Morgan fingerprint density at radius 1 is 1.12 bits per heavy atom. The average molecular weight is 349 g/mol. The molecule has 26 heavy (non-hydrogen) atoms. The molecule has 1 aliphatic rings. The first-order chi connectivity index (χ1) is 12.8. The molecule has 0 N–H and O–H groups in total. The first kappa shape index (κ1) is 16.7. The Hall–Kier alpha value is -2.73. The second kappa shape index (κ2) is 7.66. The SMILES string of the molecule is Cc1cccc(CN2Cc3cncn3C[C@H](COc3cccnc3)C2)n1. The second-order valence-corrected chi connectivity index (χ2v) is 6.84. The summed E-state index contributed by atoms with van der Waals surface area (Å²) in [7, 11) is 0. The molecular formula is C20H23N5O. The summed E-state index contributed by atoms with van der Waals surface area (Å²) in [6.45, 7) is 6.26. The largest absolute Gasteiger partial charge is 0.492 e. The van der Waals surface area contributed by atoms with E-state index >= 15 is 0 Å². The van der Waals surface area contributed by atoms with Gasteiger partial charge in [0.15, 0.2) is 0 Å². The molecule has 0 radical (unpaired) electrons. The fourth-order valence-electron chi connectivity index (χ4n) is 3.43. The Morgan fingerprint density at radius 3 is 2.92 bits per heavy atom. The van der Waals surface area contributed by atoms with E-state index in [-0.39, 0.29) is 0 Å². The van der Waals surface area contributed by atoms with Crippen molar-refractivity contribution in [3.8, 4) is 5.75 Å². The van der Waals surface area contributed by atoms with Crippen molar-refractivity contribution in [1.82, 2.24) is 24.4 Å². The highest BCUT2D eigenvalue weighted by Crippen LogP contribution is 2.19. The average Bonchev–Trinajstić information content (AvgIpc) is 3.00. The van der Waals surface area contributed by atoms with Gasteiger partial charge in [0.25, 0.3) is 0 Å². The van der Waals surface area contributed by atoms with Gasteiger partial charge in [0.1, 0.15) is 5.75 Å². The van der Waals surface area contributed by atoms with Gasteiger partial charge < -0.3 is 9.30 Å². The first-order valence-corrected chi connectivity index (χ1v) is 8.93. The Morgan fingerprint density at radius 2 is 2.08 bits per heavy atom. The molecular weight excluding hydrogens is 326 g/mol. The van der Waals surface area contributed by atoms with Crippen LogP contribution in [-0.2, 0) is 19.6 Å². The van der Waals surface area contributed by atoms with Crippen LogP contribution in [0.15, 0.2) is 55.2 Å². The molecule has 0 saturated carbocycles. The number of pyridine rings is 2. The van der Waals surface area contributed by atoms with Crippen LogP contribution in [0.1, 0.15) is 17.1 Å². The zero-order valence-corrected chi connectivity index (χ0v) is 15.0. The molecule has 0 unspecified atom stereocenters. The van der Waals surface area contributed by atoms with Crippen molar-refractivity contribution in [1.29, 1.82) is 0 Å². The van der Waals surface area contributed by atoms with Crippen molar-refractivity contribution >= 4 is 0 Å². The number of aryl methyl sites for hydroxylation is 1. The van der Waals surface area contributed by atoms with Crippen LogP contribution < -0.4 is 4.74 Å². The normalized spacial score (nSPS) is 17.5. The van der Waals surface area contributed by atoms with Gasteiger partial charge in [-0.3, -0.25) is 14.9 Å². The third-order valence-corrected chi connectivity index (χ3v) is 4.61. The molecule has 0 spiro atoms. The molecule has 0 bridgehead atoms. The van der Waals surface area contributed by atoms with Crippen molar-refractivity contribution in [3.63, 3.8) is 0 Å². The monoisotopic (exact) mass is 349 g/mol. The minimum atomic E-state index is 0.371. The van der Waals surface area contributed by atoms with E-state index in [1.807, 2.05) is 37.6 Å². The van der Waals surface area contributed by atoms with Crippen LogP contribution in [0.5, 0.6) is 5.75 Å². The minimum absolute atomic E-state index is 0.371. The molecule has 3 aromatic heterocycles. The van der Waals surface area contributed by atoms with Crippen LogP contribution in [0.3, 0.4) is 0 Å². The fraction of sp³-hybridized carbons (Fsp3) is 0.350. The molecule has 6 heteroatoms. The topological polar surface area (TPSA) is 56.1 Å². The summed E-state index contributed by atoms with van der Waals surface area (Å²) in [6, 6.07) is 10.0. The summed E-state index contributed by atoms with van der Waals surface area (Å²) in [5.41, 5.74) is 3.39. The molecule has 6 nitrogen and oxygen atoms in total. The molecule has 4 rings (SSSR count). The molecule has 1 atom stereocenters. The zero-order valence-electron chi connectivity index (χ0n) is 15.0. The van der Waals surface area contributed by atoms with Gasteiger partial charge in [-0.2, -0.15) is 0 Å². The number of aromatic nitrogens is 4. The van der Waals surface area contributed by atoms with Crippen LogP contribution in [-0.4, -0.2) is 37.6 Å². The first-order valence-electron chi connectivity index (χ1n) is 8.93. The highest BCUT2D eigenvalue weighted by molar-refractivity contribution is 5.15. The Balaban J connectivity index is 1.48. The van der Waals surface area contributed by atoms with E-state index in [1.54, 1.807) is 12.4 Å². The number of imidazole rings is 1. The third kappa shape index (κ3) is 4.08. The highest BCUT2D eigenvalue weighted by Gasteiger charge is 2.23. The van der Waals surface area contributed by atoms with Crippen molar-refractivity contribution in [2.24, 2.45) is 5.92 Å². The molecule has 134 valence electrons. The number of fused-ring (bicyclic) bond motifs is 1. The summed E-state index contributed by atoms with van der Waals surface area (Å²) >= 11 is 0. The summed E-state index contributed by atoms with van der Waals surface area (Å²) in [4.78, 5) is 15.5. The molecule has 0 amide bonds. The summed E-state index contributed by atoms with van der Waals surface area (Å²) in [6.07, 6.45) is 7.39. The van der Waals surface area contributed by atoms with Crippen LogP contribution in [0.25, 0.3) is 0 Å². The van der Waals surface area contributed by atoms with Crippen molar-refractivity contribution in [2.45, 2.75) is 26.6 Å². The van der Waals surface area contributed by atoms with Gasteiger partial charge in [-0.1, -0.05) is 6.07 Å². The fourth-order valence-corrected chi connectivity index (χ4v) is 3.43. The second-order valence-electron chi connectivity index (χ2n) is 6.84. The standard InChI is InChI=1S/C20H23N5O/c1-16-4-2-5-18(23-16)12-24-10-17(11-25-15-22-8-19(25)13-24)14-26-20-6-3-7-21-9-20/h2-9,15,17H,10-14H2,1H3/t17-/m1/s1. The van der Waals surface area contributed by atoms with E-state index in [0.29, 0.717) is 12.5 Å².